The highest BCUT2D eigenvalue weighted by atomic mass is 16.5. The molecule has 2 atom stereocenters. The Kier molecular flexibility index (Phi) is 3.23. The number of benzene rings is 1. The number of carbonyl (C=O) groups is 1. The van der Waals surface area contributed by atoms with Gasteiger partial charge in [0.05, 0.1) is 12.7 Å². The van der Waals surface area contributed by atoms with Crippen molar-refractivity contribution in [2.24, 2.45) is 16.9 Å². The number of nitrogens with zero attached hydrogens (tertiary/aromatic N) is 1. The normalized spacial score (nSPS) is 26.7. The number of para-hydroxylation sites is 1. The van der Waals surface area contributed by atoms with E-state index in [1.54, 1.807) is 19.2 Å². The molecule has 19 heavy (non-hydrogen) atoms. The molecule has 1 N–H and O–H groups in total. The van der Waals surface area contributed by atoms with Gasteiger partial charge < -0.3 is 4.74 Å². The van der Waals surface area contributed by atoms with Gasteiger partial charge in [0.25, 0.3) is 5.91 Å². The van der Waals surface area contributed by atoms with Crippen molar-refractivity contribution in [3.05, 3.63) is 29.8 Å². The van der Waals surface area contributed by atoms with E-state index in [-0.39, 0.29) is 5.91 Å². The highest BCUT2D eigenvalue weighted by molar-refractivity contribution is 5.98. The molecule has 0 radical (unpaired) electrons. The van der Waals surface area contributed by atoms with Gasteiger partial charge in [0.15, 0.2) is 0 Å². The summed E-state index contributed by atoms with van der Waals surface area (Å²) in [7, 11) is 1.56. The lowest BCUT2D eigenvalue weighted by molar-refractivity contribution is 0.0951. The minimum Gasteiger partial charge on any atom is -0.496 e. The van der Waals surface area contributed by atoms with E-state index in [0.29, 0.717) is 17.2 Å². The lowest BCUT2D eigenvalue weighted by atomic mass is 9.99. The third kappa shape index (κ3) is 2.35. The SMILES string of the molecule is COc1ccccc1C(=O)NN=C1CC2CCC1C2. The minimum absolute atomic E-state index is 0.201. The zero-order valence-corrected chi connectivity index (χ0v) is 11.1. The summed E-state index contributed by atoms with van der Waals surface area (Å²) in [5.74, 6) is 1.77. The van der Waals surface area contributed by atoms with Crippen LogP contribution >= 0.6 is 0 Å². The number of ether oxygens (including phenoxy) is 1. The van der Waals surface area contributed by atoms with Gasteiger partial charge in [-0.05, 0) is 49.7 Å². The molecule has 2 aliphatic carbocycles. The Morgan fingerprint density at radius 1 is 1.37 bits per heavy atom. The Balaban J connectivity index is 1.70. The number of methoxy groups -OCH3 is 1. The van der Waals surface area contributed by atoms with Crippen LogP contribution in [-0.4, -0.2) is 18.7 Å². The van der Waals surface area contributed by atoms with Crippen LogP contribution in [0.5, 0.6) is 5.75 Å². The summed E-state index contributed by atoms with van der Waals surface area (Å²) in [4.78, 5) is 12.1. The third-order valence-corrected chi connectivity index (χ3v) is 4.16. The highest BCUT2D eigenvalue weighted by Crippen LogP contribution is 2.42. The lowest BCUT2D eigenvalue weighted by Crippen LogP contribution is -2.22. The summed E-state index contributed by atoms with van der Waals surface area (Å²) in [6.07, 6.45) is 4.86. The largest absolute Gasteiger partial charge is 0.496 e. The topological polar surface area (TPSA) is 50.7 Å². The van der Waals surface area contributed by atoms with E-state index in [1.165, 1.54) is 25.0 Å². The molecular weight excluding hydrogens is 240 g/mol. The molecule has 4 heteroatoms. The van der Waals surface area contributed by atoms with Crippen LogP contribution in [-0.2, 0) is 0 Å². The summed E-state index contributed by atoms with van der Waals surface area (Å²) in [6.45, 7) is 0. The molecule has 2 aliphatic rings. The number of nitrogens with one attached hydrogen (secondary N) is 1. The summed E-state index contributed by atoms with van der Waals surface area (Å²) in [5, 5.41) is 4.32. The molecule has 1 aromatic rings. The molecule has 1 aromatic carbocycles. The van der Waals surface area contributed by atoms with Gasteiger partial charge in [-0.15, -0.1) is 0 Å². The maximum absolute atomic E-state index is 12.1. The zero-order chi connectivity index (χ0) is 13.2. The first-order valence-corrected chi connectivity index (χ1v) is 6.77. The quantitative estimate of drug-likeness (QED) is 0.847. The van der Waals surface area contributed by atoms with Gasteiger partial charge in [-0.25, -0.2) is 5.43 Å². The molecule has 100 valence electrons. The van der Waals surface area contributed by atoms with Gasteiger partial charge in [0, 0.05) is 5.71 Å². The van der Waals surface area contributed by atoms with E-state index in [4.69, 9.17) is 4.74 Å². The number of hydrogen-bond donors (Lipinski definition) is 1. The molecule has 0 heterocycles. The van der Waals surface area contributed by atoms with Gasteiger partial charge in [0.2, 0.25) is 0 Å². The summed E-state index contributed by atoms with van der Waals surface area (Å²) < 4.78 is 5.18. The van der Waals surface area contributed by atoms with Crippen LogP contribution in [0.1, 0.15) is 36.0 Å². The Labute approximate surface area is 112 Å². The van der Waals surface area contributed by atoms with Crippen LogP contribution in [0.25, 0.3) is 0 Å². The highest BCUT2D eigenvalue weighted by Gasteiger charge is 2.36. The molecule has 1 amide bonds. The van der Waals surface area contributed by atoms with Crippen LogP contribution in [0.4, 0.5) is 0 Å². The molecule has 0 aromatic heterocycles. The fraction of sp³-hybridized carbons (Fsp3) is 0.467. The van der Waals surface area contributed by atoms with Crippen molar-refractivity contribution in [2.45, 2.75) is 25.7 Å². The van der Waals surface area contributed by atoms with E-state index in [9.17, 15) is 4.79 Å². The second-order valence-corrected chi connectivity index (χ2v) is 5.32. The van der Waals surface area contributed by atoms with Crippen molar-refractivity contribution < 1.29 is 9.53 Å². The van der Waals surface area contributed by atoms with Crippen molar-refractivity contribution in [3.63, 3.8) is 0 Å². The van der Waals surface area contributed by atoms with Crippen LogP contribution in [0.15, 0.2) is 29.4 Å². The minimum atomic E-state index is -0.201. The monoisotopic (exact) mass is 258 g/mol. The van der Waals surface area contributed by atoms with Gasteiger partial charge in [0.1, 0.15) is 5.75 Å². The van der Waals surface area contributed by atoms with Crippen molar-refractivity contribution in [2.75, 3.05) is 7.11 Å². The Morgan fingerprint density at radius 2 is 2.21 bits per heavy atom. The number of amides is 1. The Bertz CT molecular complexity index is 525. The molecule has 2 unspecified atom stereocenters. The van der Waals surface area contributed by atoms with Crippen molar-refractivity contribution >= 4 is 11.6 Å². The summed E-state index contributed by atoms with van der Waals surface area (Å²) in [5.41, 5.74) is 4.36. The number of fused-ring (bicyclic) bond motifs is 2. The van der Waals surface area contributed by atoms with Gasteiger partial charge in [-0.1, -0.05) is 12.1 Å². The maximum atomic E-state index is 12.1. The predicted octanol–water partition coefficient (Wildman–Crippen LogP) is 2.60. The first kappa shape index (κ1) is 12.2. The molecule has 0 aliphatic heterocycles. The molecule has 0 saturated heterocycles. The maximum Gasteiger partial charge on any atom is 0.275 e. The zero-order valence-electron chi connectivity index (χ0n) is 11.1. The molecular formula is C15H18N2O2. The van der Waals surface area contributed by atoms with Gasteiger partial charge in [-0.3, -0.25) is 4.79 Å². The van der Waals surface area contributed by atoms with Crippen LogP contribution < -0.4 is 10.2 Å². The fourth-order valence-corrected chi connectivity index (χ4v) is 3.18. The molecule has 4 nitrogen and oxygen atoms in total. The van der Waals surface area contributed by atoms with Crippen LogP contribution in [0.2, 0.25) is 0 Å². The van der Waals surface area contributed by atoms with Crippen molar-refractivity contribution in [3.8, 4) is 5.75 Å². The lowest BCUT2D eigenvalue weighted by Gasteiger charge is -2.12. The predicted molar refractivity (Wildman–Crippen MR) is 73.3 cm³/mol. The van der Waals surface area contributed by atoms with E-state index >= 15 is 0 Å². The number of rotatable bonds is 3. The van der Waals surface area contributed by atoms with E-state index in [1.807, 2.05) is 12.1 Å². The van der Waals surface area contributed by atoms with E-state index in [0.717, 1.165) is 12.3 Å². The summed E-state index contributed by atoms with van der Waals surface area (Å²) >= 11 is 0. The average molecular weight is 258 g/mol. The van der Waals surface area contributed by atoms with Gasteiger partial charge >= 0.3 is 0 Å². The van der Waals surface area contributed by atoms with E-state index in [2.05, 4.69) is 10.5 Å². The Morgan fingerprint density at radius 3 is 2.89 bits per heavy atom. The number of carbonyl (C=O) groups excluding carboxylic acids is 1. The molecule has 2 bridgehead atoms. The molecule has 2 saturated carbocycles. The fourth-order valence-electron chi connectivity index (χ4n) is 3.18. The average Bonchev–Trinajstić information content (AvgIpc) is 3.07. The smallest absolute Gasteiger partial charge is 0.275 e. The molecule has 2 fully saturated rings. The van der Waals surface area contributed by atoms with Crippen LogP contribution in [0, 0.1) is 11.8 Å². The third-order valence-electron chi connectivity index (χ3n) is 4.16. The number of hydrazone groups is 1. The standard InChI is InChI=1S/C15H18N2O2/c1-19-14-5-3-2-4-12(14)15(18)17-16-13-9-10-6-7-11(13)8-10/h2-5,10-11H,6-9H2,1H3,(H,17,18). The second kappa shape index (κ2) is 5.03. The number of hydrogen-bond acceptors (Lipinski definition) is 3. The summed E-state index contributed by atoms with van der Waals surface area (Å²) in [6, 6.07) is 7.19. The molecule has 0 spiro atoms. The second-order valence-electron chi connectivity index (χ2n) is 5.32. The first-order valence-electron chi connectivity index (χ1n) is 6.77. The molecule has 3 rings (SSSR count). The van der Waals surface area contributed by atoms with Crippen molar-refractivity contribution in [1.29, 1.82) is 0 Å². The first-order chi connectivity index (χ1) is 9.28. The van der Waals surface area contributed by atoms with Gasteiger partial charge in [-0.2, -0.15) is 5.10 Å². The van der Waals surface area contributed by atoms with Crippen LogP contribution in [0.3, 0.4) is 0 Å². The Hall–Kier alpha value is -1.84. The van der Waals surface area contributed by atoms with E-state index < -0.39 is 0 Å². The van der Waals surface area contributed by atoms with Crippen molar-refractivity contribution in [1.82, 2.24) is 5.43 Å².